The van der Waals surface area contributed by atoms with Crippen LogP contribution in [0, 0.1) is 6.92 Å². The smallest absolute Gasteiger partial charge is 0.264 e. The number of carbonyl (C=O) groups excluding carboxylic acids is 1. The molecule has 4 heterocycles. The standard InChI is InChI=1S/C17H21N3O2S/c1-12-8-18-19(9-12)10-14-3-2-5-20(14)17(21)16-7-13-11-22-6-4-15(13)23-16/h7-9,14H,2-6,10-11H2,1H3/t14-/m0/s1. The van der Waals surface area contributed by atoms with Gasteiger partial charge in [-0.15, -0.1) is 11.3 Å². The zero-order valence-electron chi connectivity index (χ0n) is 13.3. The van der Waals surface area contributed by atoms with Gasteiger partial charge in [0.1, 0.15) is 0 Å². The molecule has 1 fully saturated rings. The first kappa shape index (κ1) is 14.9. The van der Waals surface area contributed by atoms with Crippen molar-refractivity contribution in [2.75, 3.05) is 13.2 Å². The molecule has 0 radical (unpaired) electrons. The van der Waals surface area contributed by atoms with E-state index in [1.54, 1.807) is 11.3 Å². The third-order valence-corrected chi connectivity index (χ3v) is 5.86. The molecule has 2 aromatic rings. The molecule has 0 saturated carbocycles. The summed E-state index contributed by atoms with van der Waals surface area (Å²) < 4.78 is 7.44. The fourth-order valence-electron chi connectivity index (χ4n) is 3.47. The van der Waals surface area contributed by atoms with Crippen LogP contribution in [0.1, 0.15) is 38.5 Å². The number of hydrogen-bond acceptors (Lipinski definition) is 4. The first-order valence-corrected chi connectivity index (χ1v) is 9.02. The van der Waals surface area contributed by atoms with Crippen molar-refractivity contribution >= 4 is 17.2 Å². The highest BCUT2D eigenvalue weighted by Crippen LogP contribution is 2.30. The Bertz CT molecular complexity index is 698. The molecule has 0 unspecified atom stereocenters. The lowest BCUT2D eigenvalue weighted by atomic mass is 10.2. The van der Waals surface area contributed by atoms with Crippen molar-refractivity contribution in [1.82, 2.24) is 14.7 Å². The van der Waals surface area contributed by atoms with Gasteiger partial charge in [0.15, 0.2) is 0 Å². The van der Waals surface area contributed by atoms with Crippen LogP contribution < -0.4 is 0 Å². The number of rotatable bonds is 3. The minimum absolute atomic E-state index is 0.177. The van der Waals surface area contributed by atoms with Crippen LogP contribution >= 0.6 is 11.3 Å². The van der Waals surface area contributed by atoms with E-state index in [9.17, 15) is 4.79 Å². The monoisotopic (exact) mass is 331 g/mol. The summed E-state index contributed by atoms with van der Waals surface area (Å²) in [6, 6.07) is 2.28. The second-order valence-electron chi connectivity index (χ2n) is 6.40. The van der Waals surface area contributed by atoms with Crippen LogP contribution in [0.3, 0.4) is 0 Å². The summed E-state index contributed by atoms with van der Waals surface area (Å²) in [4.78, 5) is 17.2. The van der Waals surface area contributed by atoms with E-state index in [2.05, 4.69) is 5.10 Å². The zero-order chi connectivity index (χ0) is 15.8. The van der Waals surface area contributed by atoms with Crippen LogP contribution in [0.25, 0.3) is 0 Å². The average molecular weight is 331 g/mol. The van der Waals surface area contributed by atoms with Crippen molar-refractivity contribution in [2.24, 2.45) is 0 Å². The van der Waals surface area contributed by atoms with E-state index in [4.69, 9.17) is 4.74 Å². The molecule has 4 rings (SSSR count). The van der Waals surface area contributed by atoms with Crippen LogP contribution in [-0.2, 0) is 24.3 Å². The van der Waals surface area contributed by atoms with Crippen molar-refractivity contribution in [1.29, 1.82) is 0 Å². The van der Waals surface area contributed by atoms with Gasteiger partial charge in [-0.25, -0.2) is 0 Å². The molecule has 5 nitrogen and oxygen atoms in total. The van der Waals surface area contributed by atoms with E-state index >= 15 is 0 Å². The highest BCUT2D eigenvalue weighted by Gasteiger charge is 2.31. The SMILES string of the molecule is Cc1cnn(C[C@@H]2CCCN2C(=O)c2cc3c(s2)CCOC3)c1. The molecular weight excluding hydrogens is 310 g/mol. The van der Waals surface area contributed by atoms with Gasteiger partial charge < -0.3 is 9.64 Å². The molecule has 6 heteroatoms. The molecule has 0 bridgehead atoms. The summed E-state index contributed by atoms with van der Waals surface area (Å²) >= 11 is 1.65. The number of aryl methyl sites for hydroxylation is 1. The molecular formula is C17H21N3O2S. The van der Waals surface area contributed by atoms with Gasteiger partial charge in [-0.05, 0) is 37.0 Å². The lowest BCUT2D eigenvalue weighted by molar-refractivity contribution is 0.0726. The molecule has 1 amide bonds. The quantitative estimate of drug-likeness (QED) is 0.869. The molecule has 23 heavy (non-hydrogen) atoms. The summed E-state index contributed by atoms with van der Waals surface area (Å²) in [5.74, 6) is 0.177. The molecule has 2 aromatic heterocycles. The van der Waals surface area contributed by atoms with E-state index in [0.717, 1.165) is 49.4 Å². The van der Waals surface area contributed by atoms with E-state index in [1.165, 1.54) is 10.4 Å². The Kier molecular flexibility index (Phi) is 3.95. The number of thiophene rings is 1. The molecule has 0 N–H and O–H groups in total. The third kappa shape index (κ3) is 2.93. The summed E-state index contributed by atoms with van der Waals surface area (Å²) in [5.41, 5.74) is 2.36. The molecule has 1 atom stereocenters. The van der Waals surface area contributed by atoms with Crippen LogP contribution in [0.4, 0.5) is 0 Å². The number of aromatic nitrogens is 2. The average Bonchev–Trinajstić information content (AvgIpc) is 3.26. The molecule has 0 aromatic carbocycles. The molecule has 1 saturated heterocycles. The van der Waals surface area contributed by atoms with Gasteiger partial charge in [-0.1, -0.05) is 0 Å². The van der Waals surface area contributed by atoms with Crippen LogP contribution in [0.2, 0.25) is 0 Å². The predicted molar refractivity (Wildman–Crippen MR) is 88.7 cm³/mol. The summed E-state index contributed by atoms with van der Waals surface area (Å²) in [6.45, 7) is 5.09. The molecule has 2 aliphatic heterocycles. The maximum atomic E-state index is 12.9. The van der Waals surface area contributed by atoms with Gasteiger partial charge in [-0.3, -0.25) is 9.48 Å². The Balaban J connectivity index is 1.51. The van der Waals surface area contributed by atoms with Crippen LogP contribution in [0.15, 0.2) is 18.5 Å². The second kappa shape index (κ2) is 6.09. The Morgan fingerprint density at radius 2 is 2.43 bits per heavy atom. The first-order valence-electron chi connectivity index (χ1n) is 8.20. The summed E-state index contributed by atoms with van der Waals surface area (Å²) in [7, 11) is 0. The van der Waals surface area contributed by atoms with Crippen molar-refractivity contribution < 1.29 is 9.53 Å². The Morgan fingerprint density at radius 3 is 3.22 bits per heavy atom. The van der Waals surface area contributed by atoms with Gasteiger partial charge in [0.05, 0.1) is 36.9 Å². The second-order valence-corrected chi connectivity index (χ2v) is 7.53. The number of likely N-dealkylation sites (tertiary alicyclic amines) is 1. The van der Waals surface area contributed by atoms with E-state index in [0.29, 0.717) is 6.61 Å². The minimum atomic E-state index is 0.177. The van der Waals surface area contributed by atoms with Crippen molar-refractivity contribution in [2.45, 2.75) is 45.4 Å². The number of carbonyl (C=O) groups is 1. The topological polar surface area (TPSA) is 47.4 Å². The zero-order valence-corrected chi connectivity index (χ0v) is 14.1. The number of amides is 1. The summed E-state index contributed by atoms with van der Waals surface area (Å²) in [6.07, 6.45) is 6.98. The van der Waals surface area contributed by atoms with Crippen molar-refractivity contribution in [3.8, 4) is 0 Å². The molecule has 0 spiro atoms. The molecule has 122 valence electrons. The van der Waals surface area contributed by atoms with E-state index in [1.807, 2.05) is 35.0 Å². The van der Waals surface area contributed by atoms with Crippen molar-refractivity contribution in [3.63, 3.8) is 0 Å². The highest BCUT2D eigenvalue weighted by atomic mass is 32.1. The fraction of sp³-hybridized carbons (Fsp3) is 0.529. The van der Waals surface area contributed by atoms with E-state index in [-0.39, 0.29) is 11.9 Å². The lowest BCUT2D eigenvalue weighted by Crippen LogP contribution is -2.37. The van der Waals surface area contributed by atoms with Gasteiger partial charge in [0.2, 0.25) is 0 Å². The number of ether oxygens (including phenoxy) is 1. The van der Waals surface area contributed by atoms with Gasteiger partial charge in [-0.2, -0.15) is 5.10 Å². The molecule has 2 aliphatic rings. The third-order valence-electron chi connectivity index (χ3n) is 4.64. The number of fused-ring (bicyclic) bond motifs is 1. The Morgan fingerprint density at radius 1 is 1.52 bits per heavy atom. The predicted octanol–water partition coefficient (Wildman–Crippen LogP) is 2.63. The Labute approximate surface area is 139 Å². The molecule has 0 aliphatic carbocycles. The normalized spacial score (nSPS) is 20.7. The van der Waals surface area contributed by atoms with Crippen LogP contribution in [-0.4, -0.2) is 39.8 Å². The van der Waals surface area contributed by atoms with E-state index < -0.39 is 0 Å². The number of nitrogens with zero attached hydrogens (tertiary/aromatic N) is 3. The van der Waals surface area contributed by atoms with Gasteiger partial charge in [0.25, 0.3) is 5.91 Å². The first-order chi connectivity index (χ1) is 11.2. The van der Waals surface area contributed by atoms with Crippen molar-refractivity contribution in [3.05, 3.63) is 39.3 Å². The fourth-order valence-corrected chi connectivity index (χ4v) is 4.58. The number of hydrogen-bond donors (Lipinski definition) is 0. The van der Waals surface area contributed by atoms with Crippen LogP contribution in [0.5, 0.6) is 0 Å². The van der Waals surface area contributed by atoms with Gasteiger partial charge in [0, 0.05) is 24.0 Å². The maximum absolute atomic E-state index is 12.9. The minimum Gasteiger partial charge on any atom is -0.376 e. The largest absolute Gasteiger partial charge is 0.376 e. The Hall–Kier alpha value is -1.66. The highest BCUT2D eigenvalue weighted by molar-refractivity contribution is 7.14. The summed E-state index contributed by atoms with van der Waals surface area (Å²) in [5, 5.41) is 4.36. The van der Waals surface area contributed by atoms with Gasteiger partial charge >= 0.3 is 0 Å². The maximum Gasteiger partial charge on any atom is 0.264 e. The lowest BCUT2D eigenvalue weighted by Gasteiger charge is -2.24.